The van der Waals surface area contributed by atoms with Crippen molar-refractivity contribution in [2.75, 3.05) is 0 Å². The van der Waals surface area contributed by atoms with E-state index < -0.39 is 4.92 Å². The van der Waals surface area contributed by atoms with E-state index in [1.807, 2.05) is 12.1 Å². The van der Waals surface area contributed by atoms with Gasteiger partial charge in [-0.15, -0.1) is 0 Å². The number of phenols is 1. The van der Waals surface area contributed by atoms with Gasteiger partial charge in [-0.25, -0.2) is 0 Å². The third kappa shape index (κ3) is 3.06. The van der Waals surface area contributed by atoms with Crippen molar-refractivity contribution >= 4 is 16.3 Å². The topological polar surface area (TPSA) is 75.4 Å². The van der Waals surface area contributed by atoms with Crippen LogP contribution >= 0.6 is 11.3 Å². The third-order valence-corrected chi connectivity index (χ3v) is 3.39. The molecule has 0 radical (unpaired) electrons. The highest BCUT2D eigenvalue weighted by molar-refractivity contribution is 7.13. The third-order valence-electron chi connectivity index (χ3n) is 2.46. The van der Waals surface area contributed by atoms with E-state index >= 15 is 0 Å². The fraction of sp³-hybridized carbons (Fsp3) is 0.167. The van der Waals surface area contributed by atoms with Crippen LogP contribution in [0.4, 0.5) is 5.00 Å². The Labute approximate surface area is 108 Å². The van der Waals surface area contributed by atoms with Gasteiger partial charge in [0, 0.05) is 30.1 Å². The van der Waals surface area contributed by atoms with E-state index in [0.29, 0.717) is 13.1 Å². The summed E-state index contributed by atoms with van der Waals surface area (Å²) >= 11 is 1.12. The number of benzene rings is 1. The first-order valence-electron chi connectivity index (χ1n) is 5.36. The Morgan fingerprint density at radius 2 is 2.11 bits per heavy atom. The molecule has 0 fully saturated rings. The summed E-state index contributed by atoms with van der Waals surface area (Å²) in [6.45, 7) is 1.06. The summed E-state index contributed by atoms with van der Waals surface area (Å²) in [5.74, 6) is 0.251. The number of thiophene rings is 1. The van der Waals surface area contributed by atoms with E-state index in [2.05, 4.69) is 5.32 Å². The van der Waals surface area contributed by atoms with Gasteiger partial charge in [-0.1, -0.05) is 29.5 Å². The first-order chi connectivity index (χ1) is 8.66. The Bertz CT molecular complexity index is 554. The molecular weight excluding hydrogens is 252 g/mol. The standard InChI is InChI=1S/C12H12N2O3S/c15-11-4-2-1-3-10(11)7-13-6-9-5-12(14(16)17)18-8-9/h1-5,8,13,15H,6-7H2. The fourth-order valence-corrected chi connectivity index (χ4v) is 2.28. The first-order valence-corrected chi connectivity index (χ1v) is 6.24. The molecule has 0 atom stereocenters. The summed E-state index contributed by atoms with van der Waals surface area (Å²) in [5.41, 5.74) is 1.68. The predicted octanol–water partition coefficient (Wildman–Crippen LogP) is 2.65. The van der Waals surface area contributed by atoms with Crippen LogP contribution in [0.1, 0.15) is 11.1 Å². The van der Waals surface area contributed by atoms with Crippen LogP contribution in [0.2, 0.25) is 0 Å². The Kier molecular flexibility index (Phi) is 3.91. The van der Waals surface area contributed by atoms with Gasteiger partial charge in [-0.05, 0) is 11.6 Å². The minimum atomic E-state index is -0.392. The summed E-state index contributed by atoms with van der Waals surface area (Å²) in [4.78, 5) is 10.1. The van der Waals surface area contributed by atoms with Gasteiger partial charge >= 0.3 is 5.00 Å². The Morgan fingerprint density at radius 1 is 1.33 bits per heavy atom. The Balaban J connectivity index is 1.88. The smallest absolute Gasteiger partial charge is 0.324 e. The van der Waals surface area contributed by atoms with Crippen molar-refractivity contribution in [3.05, 3.63) is 57.0 Å². The molecule has 0 saturated carbocycles. The molecule has 0 aliphatic carbocycles. The first kappa shape index (κ1) is 12.5. The SMILES string of the molecule is O=[N+]([O-])c1cc(CNCc2ccccc2O)cs1. The minimum absolute atomic E-state index is 0.148. The summed E-state index contributed by atoms with van der Waals surface area (Å²) in [7, 11) is 0. The summed E-state index contributed by atoms with van der Waals surface area (Å²) < 4.78 is 0. The number of nitrogens with one attached hydrogen (secondary N) is 1. The predicted molar refractivity (Wildman–Crippen MR) is 69.6 cm³/mol. The molecule has 18 heavy (non-hydrogen) atoms. The number of para-hydroxylation sites is 1. The van der Waals surface area contributed by atoms with Gasteiger partial charge in [0.15, 0.2) is 0 Å². The van der Waals surface area contributed by atoms with E-state index in [0.717, 1.165) is 22.5 Å². The lowest BCUT2D eigenvalue weighted by molar-refractivity contribution is -0.380. The largest absolute Gasteiger partial charge is 0.508 e. The molecule has 0 unspecified atom stereocenters. The van der Waals surface area contributed by atoms with Gasteiger partial charge in [-0.3, -0.25) is 10.1 Å². The van der Waals surface area contributed by atoms with E-state index in [4.69, 9.17) is 0 Å². The summed E-state index contributed by atoms with van der Waals surface area (Å²) in [6.07, 6.45) is 0. The van der Waals surface area contributed by atoms with Gasteiger partial charge in [-0.2, -0.15) is 0 Å². The summed E-state index contributed by atoms with van der Waals surface area (Å²) in [5, 5.41) is 25.1. The molecule has 0 bridgehead atoms. The zero-order valence-electron chi connectivity index (χ0n) is 9.50. The van der Waals surface area contributed by atoms with Crippen molar-refractivity contribution in [2.45, 2.75) is 13.1 Å². The highest BCUT2D eigenvalue weighted by atomic mass is 32.1. The molecule has 1 heterocycles. The molecule has 5 nitrogen and oxygen atoms in total. The van der Waals surface area contributed by atoms with Crippen molar-refractivity contribution in [1.82, 2.24) is 5.32 Å². The van der Waals surface area contributed by atoms with Crippen molar-refractivity contribution in [3.63, 3.8) is 0 Å². The number of nitrogens with zero attached hydrogens (tertiary/aromatic N) is 1. The number of rotatable bonds is 5. The van der Waals surface area contributed by atoms with Gasteiger partial charge < -0.3 is 10.4 Å². The zero-order valence-corrected chi connectivity index (χ0v) is 10.3. The molecule has 1 aromatic carbocycles. The van der Waals surface area contributed by atoms with Crippen molar-refractivity contribution < 1.29 is 10.0 Å². The summed E-state index contributed by atoms with van der Waals surface area (Å²) in [6, 6.07) is 8.64. The van der Waals surface area contributed by atoms with Crippen LogP contribution in [0.3, 0.4) is 0 Å². The number of hydrogen-bond acceptors (Lipinski definition) is 5. The monoisotopic (exact) mass is 264 g/mol. The molecule has 0 amide bonds. The van der Waals surface area contributed by atoms with Crippen LogP contribution in [0.25, 0.3) is 0 Å². The molecule has 2 rings (SSSR count). The molecule has 94 valence electrons. The number of hydrogen-bond donors (Lipinski definition) is 2. The van der Waals surface area contributed by atoms with Crippen molar-refractivity contribution in [2.24, 2.45) is 0 Å². The Hall–Kier alpha value is -1.92. The molecule has 0 aliphatic heterocycles. The molecule has 2 aromatic rings. The van der Waals surface area contributed by atoms with Gasteiger partial charge in [0.05, 0.1) is 4.92 Å². The molecule has 2 N–H and O–H groups in total. The Morgan fingerprint density at radius 3 is 2.78 bits per heavy atom. The van der Waals surface area contributed by atoms with E-state index in [1.165, 1.54) is 0 Å². The van der Waals surface area contributed by atoms with Gasteiger partial charge in [0.1, 0.15) is 5.75 Å². The second-order valence-electron chi connectivity index (χ2n) is 3.78. The molecule has 0 spiro atoms. The normalized spacial score (nSPS) is 10.4. The van der Waals surface area contributed by atoms with E-state index in [-0.39, 0.29) is 10.8 Å². The van der Waals surface area contributed by atoms with Crippen molar-refractivity contribution in [3.8, 4) is 5.75 Å². The maximum absolute atomic E-state index is 10.5. The maximum Gasteiger partial charge on any atom is 0.324 e. The molecule has 0 aliphatic rings. The van der Waals surface area contributed by atoms with Crippen LogP contribution in [0, 0.1) is 10.1 Å². The quantitative estimate of drug-likeness (QED) is 0.643. The lowest BCUT2D eigenvalue weighted by Gasteiger charge is -2.05. The van der Waals surface area contributed by atoms with E-state index in [9.17, 15) is 15.2 Å². The van der Waals surface area contributed by atoms with E-state index in [1.54, 1.807) is 23.6 Å². The lowest BCUT2D eigenvalue weighted by Crippen LogP contribution is -2.12. The molecule has 1 aromatic heterocycles. The molecule has 0 saturated heterocycles. The average Bonchev–Trinajstić information content (AvgIpc) is 2.80. The second-order valence-corrected chi connectivity index (χ2v) is 4.67. The van der Waals surface area contributed by atoms with Gasteiger partial charge in [0.2, 0.25) is 0 Å². The average molecular weight is 264 g/mol. The van der Waals surface area contributed by atoms with Gasteiger partial charge in [0.25, 0.3) is 0 Å². The maximum atomic E-state index is 10.5. The molecular formula is C12H12N2O3S. The number of phenolic OH excluding ortho intramolecular Hbond substituents is 1. The van der Waals surface area contributed by atoms with Crippen LogP contribution in [-0.2, 0) is 13.1 Å². The lowest BCUT2D eigenvalue weighted by atomic mass is 10.2. The molecule has 6 heteroatoms. The second kappa shape index (κ2) is 5.61. The van der Waals surface area contributed by atoms with Crippen LogP contribution in [0.5, 0.6) is 5.75 Å². The van der Waals surface area contributed by atoms with Crippen LogP contribution in [0.15, 0.2) is 35.7 Å². The highest BCUT2D eigenvalue weighted by Crippen LogP contribution is 2.22. The fourth-order valence-electron chi connectivity index (χ4n) is 1.55. The number of nitro groups is 1. The highest BCUT2D eigenvalue weighted by Gasteiger charge is 2.09. The number of aromatic hydroxyl groups is 1. The van der Waals surface area contributed by atoms with Crippen LogP contribution < -0.4 is 5.32 Å². The minimum Gasteiger partial charge on any atom is -0.508 e. The van der Waals surface area contributed by atoms with Crippen LogP contribution in [-0.4, -0.2) is 10.0 Å². The zero-order chi connectivity index (χ0) is 13.0. The van der Waals surface area contributed by atoms with Crippen molar-refractivity contribution in [1.29, 1.82) is 0 Å².